The van der Waals surface area contributed by atoms with Crippen molar-refractivity contribution in [3.8, 4) is 16.9 Å². The van der Waals surface area contributed by atoms with Crippen LogP contribution in [0.5, 0.6) is 5.75 Å². The Morgan fingerprint density at radius 1 is 0.970 bits per heavy atom. The summed E-state index contributed by atoms with van der Waals surface area (Å²) in [7, 11) is 1.00. The van der Waals surface area contributed by atoms with Crippen LogP contribution in [0.2, 0.25) is 0 Å². The first kappa shape index (κ1) is 30.2. The summed E-state index contributed by atoms with van der Waals surface area (Å²) in [5, 5.41) is 10.3. The van der Waals surface area contributed by atoms with Crippen molar-refractivity contribution in [1.82, 2.24) is 5.32 Å². The van der Waals surface area contributed by atoms with Crippen molar-refractivity contribution in [1.29, 1.82) is 0 Å². The third-order valence-corrected chi connectivity index (χ3v) is 4.90. The summed E-state index contributed by atoms with van der Waals surface area (Å²) < 4.78 is 5.40. The van der Waals surface area contributed by atoms with Crippen molar-refractivity contribution in [2.45, 2.75) is 48.5 Å². The topological polar surface area (TPSA) is 58.6 Å². The van der Waals surface area contributed by atoms with Gasteiger partial charge in [-0.25, -0.2) is 0 Å². The first-order chi connectivity index (χ1) is 15.4. The van der Waals surface area contributed by atoms with E-state index in [0.717, 1.165) is 47.4 Å². The number of nitrogens with one attached hydrogen (secondary N) is 1. The molecular formula is C29H43NO3. The zero-order valence-electron chi connectivity index (χ0n) is 21.8. The number of hydrogen-bond donors (Lipinski definition) is 2. The molecule has 0 heterocycles. The number of carbonyl (C=O) groups excluding carboxylic acids is 1. The monoisotopic (exact) mass is 453 g/mol. The Morgan fingerprint density at radius 3 is 1.79 bits per heavy atom. The SMILES string of the molecule is C=C(C)C(C)C(=C)NCC(C)(C)C.CCOc1ccc(-c2ccc(C(C)=O)cc2)cc1.CO. The predicted molar refractivity (Wildman–Crippen MR) is 142 cm³/mol. The molecule has 182 valence electrons. The molecule has 0 saturated carbocycles. The second-order valence-corrected chi connectivity index (χ2v) is 9.10. The van der Waals surface area contributed by atoms with Crippen molar-refractivity contribution in [2.24, 2.45) is 11.3 Å². The summed E-state index contributed by atoms with van der Waals surface area (Å²) in [6.07, 6.45) is 0. The number of ketones is 1. The van der Waals surface area contributed by atoms with Crippen molar-refractivity contribution in [3.63, 3.8) is 0 Å². The van der Waals surface area contributed by atoms with E-state index in [2.05, 4.69) is 46.2 Å². The molecule has 0 fully saturated rings. The van der Waals surface area contributed by atoms with Crippen molar-refractivity contribution < 1.29 is 14.6 Å². The zero-order valence-corrected chi connectivity index (χ0v) is 21.8. The number of aliphatic hydroxyl groups is 1. The van der Waals surface area contributed by atoms with Gasteiger partial charge in [0.15, 0.2) is 5.78 Å². The molecule has 2 aromatic rings. The summed E-state index contributed by atoms with van der Waals surface area (Å²) >= 11 is 0. The van der Waals surface area contributed by atoms with E-state index in [0.29, 0.717) is 17.9 Å². The minimum absolute atomic E-state index is 0.0910. The maximum absolute atomic E-state index is 11.2. The minimum atomic E-state index is 0.0910. The Bertz CT molecular complexity index is 859. The average molecular weight is 454 g/mol. The number of hydrogen-bond acceptors (Lipinski definition) is 4. The molecule has 4 heteroatoms. The molecule has 1 unspecified atom stereocenters. The van der Waals surface area contributed by atoms with Gasteiger partial charge in [0.2, 0.25) is 0 Å². The second kappa shape index (κ2) is 15.1. The van der Waals surface area contributed by atoms with Gasteiger partial charge in [0, 0.05) is 30.8 Å². The largest absolute Gasteiger partial charge is 0.494 e. The van der Waals surface area contributed by atoms with Crippen LogP contribution in [0.15, 0.2) is 73.0 Å². The Labute approximate surface area is 201 Å². The van der Waals surface area contributed by atoms with Gasteiger partial charge in [-0.15, -0.1) is 0 Å². The lowest BCUT2D eigenvalue weighted by Gasteiger charge is -2.23. The summed E-state index contributed by atoms with van der Waals surface area (Å²) in [5.41, 5.74) is 5.49. The summed E-state index contributed by atoms with van der Waals surface area (Å²) in [4.78, 5) is 11.2. The van der Waals surface area contributed by atoms with Crippen LogP contribution >= 0.6 is 0 Å². The number of ether oxygens (including phenoxy) is 1. The van der Waals surface area contributed by atoms with E-state index in [9.17, 15) is 4.79 Å². The molecule has 2 rings (SSSR count). The Kier molecular flexibility index (Phi) is 13.8. The normalized spacial score (nSPS) is 11.1. The number of Topliss-reactive ketones (excluding diaryl/α,β-unsaturated/α-hetero) is 1. The van der Waals surface area contributed by atoms with Gasteiger partial charge >= 0.3 is 0 Å². The van der Waals surface area contributed by atoms with Gasteiger partial charge in [0.25, 0.3) is 0 Å². The fraction of sp³-hybridized carbons (Fsp3) is 0.414. The van der Waals surface area contributed by atoms with Gasteiger partial charge in [0.05, 0.1) is 6.61 Å². The molecule has 0 aliphatic rings. The highest BCUT2D eigenvalue weighted by Crippen LogP contribution is 2.23. The highest BCUT2D eigenvalue weighted by atomic mass is 16.5. The lowest BCUT2D eigenvalue weighted by atomic mass is 9.95. The van der Waals surface area contributed by atoms with Crippen LogP contribution in [-0.2, 0) is 0 Å². The second-order valence-electron chi connectivity index (χ2n) is 9.10. The van der Waals surface area contributed by atoms with Gasteiger partial charge in [-0.2, -0.15) is 0 Å². The Morgan fingerprint density at radius 2 is 1.42 bits per heavy atom. The summed E-state index contributed by atoms with van der Waals surface area (Å²) in [5.74, 6) is 1.33. The van der Waals surface area contributed by atoms with Crippen LogP contribution in [0.3, 0.4) is 0 Å². The predicted octanol–water partition coefficient (Wildman–Crippen LogP) is 6.91. The number of carbonyl (C=O) groups is 1. The van der Waals surface area contributed by atoms with Crippen LogP contribution in [-0.4, -0.2) is 31.2 Å². The average Bonchev–Trinajstić information content (AvgIpc) is 2.79. The molecule has 2 aromatic carbocycles. The van der Waals surface area contributed by atoms with Crippen LogP contribution in [0.25, 0.3) is 11.1 Å². The van der Waals surface area contributed by atoms with Crippen molar-refractivity contribution in [2.75, 3.05) is 20.3 Å². The molecule has 0 aliphatic heterocycles. The first-order valence-electron chi connectivity index (χ1n) is 11.3. The third-order valence-electron chi connectivity index (χ3n) is 4.90. The van der Waals surface area contributed by atoms with E-state index in [4.69, 9.17) is 9.84 Å². The van der Waals surface area contributed by atoms with Crippen LogP contribution < -0.4 is 10.1 Å². The fourth-order valence-corrected chi connectivity index (χ4v) is 2.64. The molecule has 33 heavy (non-hydrogen) atoms. The molecule has 0 saturated heterocycles. The first-order valence-corrected chi connectivity index (χ1v) is 11.3. The molecule has 0 spiro atoms. The Balaban J connectivity index is 0.000000608. The van der Waals surface area contributed by atoms with Gasteiger partial charge in [0.1, 0.15) is 5.75 Å². The molecule has 0 amide bonds. The number of benzene rings is 2. The smallest absolute Gasteiger partial charge is 0.159 e. The van der Waals surface area contributed by atoms with E-state index in [1.54, 1.807) is 6.92 Å². The lowest BCUT2D eigenvalue weighted by molar-refractivity contribution is 0.101. The van der Waals surface area contributed by atoms with Crippen LogP contribution in [0, 0.1) is 11.3 Å². The molecule has 0 aromatic heterocycles. The van der Waals surface area contributed by atoms with Crippen molar-refractivity contribution >= 4 is 5.78 Å². The van der Waals surface area contributed by atoms with Crippen molar-refractivity contribution in [3.05, 3.63) is 78.5 Å². The molecule has 4 nitrogen and oxygen atoms in total. The standard InChI is InChI=1S/C16H16O2.C12H23N.CH4O/c1-3-18-16-10-8-15(9-11-16)14-6-4-13(5-7-14)12(2)17;1-9(2)10(3)11(4)13-8-12(5,6)7;1-2/h4-11H,3H2,1-2H3;10,13H,1,4,8H2,2-3,5-7H3;2H,1H3. The molecular weight excluding hydrogens is 410 g/mol. The van der Waals surface area contributed by atoms with Gasteiger partial charge in [-0.3, -0.25) is 4.79 Å². The van der Waals surface area contributed by atoms with E-state index >= 15 is 0 Å². The molecule has 0 bridgehead atoms. The van der Waals surface area contributed by atoms with Gasteiger partial charge in [-0.05, 0) is 49.4 Å². The summed E-state index contributed by atoms with van der Waals surface area (Å²) in [6, 6.07) is 15.6. The highest BCUT2D eigenvalue weighted by molar-refractivity contribution is 5.94. The maximum Gasteiger partial charge on any atom is 0.159 e. The Hall–Kier alpha value is -2.85. The van der Waals surface area contributed by atoms with E-state index < -0.39 is 0 Å². The highest BCUT2D eigenvalue weighted by Gasteiger charge is 2.12. The van der Waals surface area contributed by atoms with Gasteiger partial charge < -0.3 is 15.2 Å². The zero-order chi connectivity index (χ0) is 25.6. The van der Waals surface area contributed by atoms with Crippen LogP contribution in [0.1, 0.15) is 58.8 Å². The third kappa shape index (κ3) is 12.1. The van der Waals surface area contributed by atoms with E-state index in [-0.39, 0.29) is 5.78 Å². The number of rotatable bonds is 8. The molecule has 2 N–H and O–H groups in total. The summed E-state index contributed by atoms with van der Waals surface area (Å²) in [6.45, 7) is 23.9. The van der Waals surface area contributed by atoms with E-state index in [1.165, 1.54) is 0 Å². The van der Waals surface area contributed by atoms with E-state index in [1.807, 2.05) is 62.4 Å². The molecule has 0 radical (unpaired) electrons. The number of aliphatic hydroxyl groups excluding tert-OH is 1. The molecule has 1 atom stereocenters. The van der Waals surface area contributed by atoms with Gasteiger partial charge in [-0.1, -0.05) is 82.8 Å². The lowest BCUT2D eigenvalue weighted by Crippen LogP contribution is -2.28. The number of allylic oxidation sites excluding steroid dienone is 1. The maximum atomic E-state index is 11.2. The minimum Gasteiger partial charge on any atom is -0.494 e. The molecule has 0 aliphatic carbocycles. The fourth-order valence-electron chi connectivity index (χ4n) is 2.64. The quantitative estimate of drug-likeness (QED) is 0.337. The van der Waals surface area contributed by atoms with Crippen LogP contribution in [0.4, 0.5) is 0 Å².